The summed E-state index contributed by atoms with van der Waals surface area (Å²) in [7, 11) is 0. The van der Waals surface area contributed by atoms with Gasteiger partial charge in [0, 0.05) is 43.3 Å². The highest BCUT2D eigenvalue weighted by Gasteiger charge is 2.24. The first-order valence-electron chi connectivity index (χ1n) is 10.2. The van der Waals surface area contributed by atoms with Crippen LogP contribution in [0.1, 0.15) is 51.5 Å². The van der Waals surface area contributed by atoms with Crippen LogP contribution in [-0.2, 0) is 11.2 Å². The Labute approximate surface area is 162 Å². The number of nitrogens with one attached hydrogen (secondary N) is 3. The smallest absolute Gasteiger partial charge is 0.319 e. The van der Waals surface area contributed by atoms with Crippen LogP contribution in [0, 0.1) is 0 Å². The van der Waals surface area contributed by atoms with Crippen molar-refractivity contribution in [3.05, 3.63) is 29.8 Å². The lowest BCUT2D eigenvalue weighted by molar-refractivity contribution is -0.130. The first-order chi connectivity index (χ1) is 13.0. The SMILES string of the molecule is CC1CC(NC(=O)Nc2ccc(CCC(=O)N3CCCC3)cc2)CC(C)N1. The van der Waals surface area contributed by atoms with Crippen LogP contribution in [0.5, 0.6) is 0 Å². The average Bonchev–Trinajstić information content (AvgIpc) is 3.14. The first-order valence-corrected chi connectivity index (χ1v) is 10.2. The van der Waals surface area contributed by atoms with Gasteiger partial charge in [0.25, 0.3) is 0 Å². The number of aryl methyl sites for hydroxylation is 1. The maximum atomic E-state index is 12.2. The van der Waals surface area contributed by atoms with Crippen LogP contribution < -0.4 is 16.0 Å². The monoisotopic (exact) mass is 372 g/mol. The molecule has 148 valence electrons. The molecule has 2 unspecified atom stereocenters. The first kappa shape index (κ1) is 19.7. The van der Waals surface area contributed by atoms with E-state index < -0.39 is 0 Å². The van der Waals surface area contributed by atoms with Gasteiger partial charge in [-0.3, -0.25) is 4.79 Å². The van der Waals surface area contributed by atoms with E-state index in [1.165, 1.54) is 0 Å². The molecule has 2 saturated heterocycles. The zero-order valence-electron chi connectivity index (χ0n) is 16.5. The molecular weight excluding hydrogens is 340 g/mol. The number of hydrogen-bond donors (Lipinski definition) is 3. The van der Waals surface area contributed by atoms with E-state index in [-0.39, 0.29) is 18.0 Å². The number of nitrogens with zero attached hydrogens (tertiary/aromatic N) is 1. The number of amides is 3. The maximum Gasteiger partial charge on any atom is 0.319 e. The number of rotatable bonds is 5. The van der Waals surface area contributed by atoms with Crippen LogP contribution in [0.4, 0.5) is 10.5 Å². The van der Waals surface area contributed by atoms with E-state index in [0.29, 0.717) is 18.5 Å². The molecule has 3 N–H and O–H groups in total. The van der Waals surface area contributed by atoms with Gasteiger partial charge in [0.1, 0.15) is 0 Å². The Kier molecular flexibility index (Phi) is 6.72. The average molecular weight is 373 g/mol. The second kappa shape index (κ2) is 9.22. The van der Waals surface area contributed by atoms with Crippen molar-refractivity contribution >= 4 is 17.6 Å². The van der Waals surface area contributed by atoms with Gasteiger partial charge in [0.2, 0.25) is 5.91 Å². The van der Waals surface area contributed by atoms with Crippen LogP contribution in [0.3, 0.4) is 0 Å². The number of hydrogen-bond acceptors (Lipinski definition) is 3. The third-order valence-electron chi connectivity index (χ3n) is 5.48. The number of benzene rings is 1. The van der Waals surface area contributed by atoms with Crippen molar-refractivity contribution in [1.29, 1.82) is 0 Å². The summed E-state index contributed by atoms with van der Waals surface area (Å²) in [4.78, 5) is 26.3. The second-order valence-corrected chi connectivity index (χ2v) is 8.02. The van der Waals surface area contributed by atoms with E-state index in [2.05, 4.69) is 29.8 Å². The predicted octanol–water partition coefficient (Wildman–Crippen LogP) is 2.89. The van der Waals surface area contributed by atoms with Gasteiger partial charge in [-0.1, -0.05) is 12.1 Å². The highest BCUT2D eigenvalue weighted by atomic mass is 16.2. The second-order valence-electron chi connectivity index (χ2n) is 8.02. The third-order valence-corrected chi connectivity index (χ3v) is 5.48. The summed E-state index contributed by atoms with van der Waals surface area (Å²) in [5.74, 6) is 0.250. The molecule has 0 spiro atoms. The quantitative estimate of drug-likeness (QED) is 0.744. The number of piperidine rings is 1. The Balaban J connectivity index is 1.43. The van der Waals surface area contributed by atoms with Crippen LogP contribution >= 0.6 is 0 Å². The van der Waals surface area contributed by atoms with Gasteiger partial charge in [-0.2, -0.15) is 0 Å². The molecular formula is C21H32N4O2. The molecule has 0 aliphatic carbocycles. The molecule has 6 heteroatoms. The minimum absolute atomic E-state index is 0.154. The number of carbonyl (C=O) groups is 2. The molecule has 1 aromatic rings. The van der Waals surface area contributed by atoms with Crippen molar-refractivity contribution in [2.24, 2.45) is 0 Å². The van der Waals surface area contributed by atoms with Gasteiger partial charge in [0.05, 0.1) is 0 Å². The summed E-state index contributed by atoms with van der Waals surface area (Å²) in [6.07, 6.45) is 5.45. The van der Waals surface area contributed by atoms with Gasteiger partial charge in [-0.15, -0.1) is 0 Å². The van der Waals surface area contributed by atoms with Crippen LogP contribution in [0.25, 0.3) is 0 Å². The van der Waals surface area contributed by atoms with Crippen molar-refractivity contribution in [2.45, 2.75) is 70.5 Å². The largest absolute Gasteiger partial charge is 0.343 e. The topological polar surface area (TPSA) is 73.5 Å². The normalized spacial score (nSPS) is 25.3. The fourth-order valence-electron chi connectivity index (χ4n) is 4.17. The fraction of sp³-hybridized carbons (Fsp3) is 0.619. The molecule has 0 radical (unpaired) electrons. The molecule has 2 fully saturated rings. The van der Waals surface area contributed by atoms with E-state index in [9.17, 15) is 9.59 Å². The number of anilines is 1. The Hall–Kier alpha value is -2.08. The van der Waals surface area contributed by atoms with E-state index in [1.807, 2.05) is 29.2 Å². The zero-order valence-corrected chi connectivity index (χ0v) is 16.5. The molecule has 2 heterocycles. The summed E-state index contributed by atoms with van der Waals surface area (Å²) in [5.41, 5.74) is 1.90. The minimum atomic E-state index is -0.154. The minimum Gasteiger partial charge on any atom is -0.343 e. The molecule has 0 saturated carbocycles. The Morgan fingerprint density at radius 3 is 2.33 bits per heavy atom. The van der Waals surface area contributed by atoms with Crippen molar-refractivity contribution < 1.29 is 9.59 Å². The number of urea groups is 1. The molecule has 27 heavy (non-hydrogen) atoms. The lowest BCUT2D eigenvalue weighted by Gasteiger charge is -2.33. The van der Waals surface area contributed by atoms with E-state index in [4.69, 9.17) is 0 Å². The molecule has 3 amide bonds. The van der Waals surface area contributed by atoms with Crippen molar-refractivity contribution in [2.75, 3.05) is 18.4 Å². The highest BCUT2D eigenvalue weighted by molar-refractivity contribution is 5.89. The standard InChI is InChI=1S/C21H32N4O2/c1-15-13-19(14-16(2)22-15)24-21(27)23-18-8-5-17(6-9-18)7-10-20(26)25-11-3-4-12-25/h5-6,8-9,15-16,19,22H,3-4,7,10-14H2,1-2H3,(H2,23,24,27). The molecule has 1 aromatic carbocycles. The summed E-state index contributed by atoms with van der Waals surface area (Å²) >= 11 is 0. The molecule has 6 nitrogen and oxygen atoms in total. The van der Waals surface area contributed by atoms with Gasteiger partial charge >= 0.3 is 6.03 Å². The van der Waals surface area contributed by atoms with Crippen LogP contribution in [0.15, 0.2) is 24.3 Å². The van der Waals surface area contributed by atoms with E-state index >= 15 is 0 Å². The molecule has 2 atom stereocenters. The fourth-order valence-corrected chi connectivity index (χ4v) is 4.17. The summed E-state index contributed by atoms with van der Waals surface area (Å²) in [5, 5.41) is 9.46. The Morgan fingerprint density at radius 1 is 1.07 bits per heavy atom. The third kappa shape index (κ3) is 5.96. The van der Waals surface area contributed by atoms with Gasteiger partial charge in [-0.05, 0) is 63.6 Å². The van der Waals surface area contributed by atoms with E-state index in [0.717, 1.165) is 56.4 Å². The molecule has 0 bridgehead atoms. The summed E-state index contributed by atoms with van der Waals surface area (Å²) in [6.45, 7) is 6.11. The van der Waals surface area contributed by atoms with Crippen LogP contribution in [0.2, 0.25) is 0 Å². The summed E-state index contributed by atoms with van der Waals surface area (Å²) < 4.78 is 0. The van der Waals surface area contributed by atoms with Gasteiger partial charge < -0.3 is 20.9 Å². The van der Waals surface area contributed by atoms with Crippen molar-refractivity contribution in [3.8, 4) is 0 Å². The highest BCUT2D eigenvalue weighted by Crippen LogP contribution is 2.15. The van der Waals surface area contributed by atoms with E-state index in [1.54, 1.807) is 0 Å². The Bertz CT molecular complexity index is 630. The molecule has 3 rings (SSSR count). The molecule has 0 aromatic heterocycles. The summed E-state index contributed by atoms with van der Waals surface area (Å²) in [6, 6.07) is 8.67. The van der Waals surface area contributed by atoms with Crippen molar-refractivity contribution in [3.63, 3.8) is 0 Å². The predicted molar refractivity (Wildman–Crippen MR) is 108 cm³/mol. The number of carbonyl (C=O) groups excluding carboxylic acids is 2. The van der Waals surface area contributed by atoms with Crippen molar-refractivity contribution in [1.82, 2.24) is 15.5 Å². The lowest BCUT2D eigenvalue weighted by Crippen LogP contribution is -2.51. The molecule has 2 aliphatic heterocycles. The molecule has 2 aliphatic rings. The lowest BCUT2D eigenvalue weighted by atomic mass is 9.95. The number of likely N-dealkylation sites (tertiary alicyclic amines) is 1. The van der Waals surface area contributed by atoms with Gasteiger partial charge in [-0.25, -0.2) is 4.79 Å². The van der Waals surface area contributed by atoms with Gasteiger partial charge in [0.15, 0.2) is 0 Å². The van der Waals surface area contributed by atoms with Crippen LogP contribution in [-0.4, -0.2) is 48.1 Å². The zero-order chi connectivity index (χ0) is 19.2. The Morgan fingerprint density at radius 2 is 1.70 bits per heavy atom. The maximum absolute atomic E-state index is 12.2.